The molecular weight excluding hydrogens is 222 g/mol. The lowest BCUT2D eigenvalue weighted by atomic mass is 9.94. The lowest BCUT2D eigenvalue weighted by molar-refractivity contribution is -0.151. The van der Waals surface area contributed by atoms with Crippen LogP contribution in [-0.2, 0) is 9.59 Å². The van der Waals surface area contributed by atoms with E-state index in [1.54, 1.807) is 0 Å². The zero-order valence-electron chi connectivity index (χ0n) is 11.0. The van der Waals surface area contributed by atoms with Crippen LogP contribution in [0.15, 0.2) is 0 Å². The van der Waals surface area contributed by atoms with Gasteiger partial charge in [-0.15, -0.1) is 0 Å². The minimum absolute atomic E-state index is 0.215. The first-order valence-electron chi connectivity index (χ1n) is 5.92. The summed E-state index contributed by atoms with van der Waals surface area (Å²) in [5, 5.41) is 19.2. The van der Waals surface area contributed by atoms with E-state index in [9.17, 15) is 19.8 Å². The summed E-state index contributed by atoms with van der Waals surface area (Å²) in [4.78, 5) is 23.9. The van der Waals surface area contributed by atoms with Crippen LogP contribution < -0.4 is 0 Å². The van der Waals surface area contributed by atoms with Crippen molar-refractivity contribution in [3.63, 3.8) is 0 Å². The summed E-state index contributed by atoms with van der Waals surface area (Å²) in [5.41, 5.74) is 0. The van der Waals surface area contributed by atoms with Gasteiger partial charge < -0.3 is 15.1 Å². The average Bonchev–Trinajstić information content (AvgIpc) is 2.25. The fourth-order valence-electron chi connectivity index (χ4n) is 1.67. The zero-order chi connectivity index (χ0) is 13.6. The standard InChI is InChI=1S/C12H23NO4/c1-5-6-8(2)7-9(14)10(15)11(16)12(17)13(3)4/h8-10,14-15H,5-7H2,1-4H3. The summed E-state index contributed by atoms with van der Waals surface area (Å²) >= 11 is 0. The number of Topliss-reactive ketones (excluding diaryl/α,β-unsaturated/α-hetero) is 1. The van der Waals surface area contributed by atoms with Crippen molar-refractivity contribution in [1.29, 1.82) is 0 Å². The van der Waals surface area contributed by atoms with E-state index in [2.05, 4.69) is 0 Å². The second-order valence-electron chi connectivity index (χ2n) is 4.71. The summed E-state index contributed by atoms with van der Waals surface area (Å²) in [6.45, 7) is 3.97. The van der Waals surface area contributed by atoms with E-state index in [-0.39, 0.29) is 5.92 Å². The predicted octanol–water partition coefficient (Wildman–Crippen LogP) is 0.192. The Balaban J connectivity index is 4.34. The Hall–Kier alpha value is -0.940. The van der Waals surface area contributed by atoms with Gasteiger partial charge in [-0.05, 0) is 12.3 Å². The first-order valence-corrected chi connectivity index (χ1v) is 5.92. The van der Waals surface area contributed by atoms with Crippen LogP contribution in [0, 0.1) is 5.92 Å². The maximum Gasteiger partial charge on any atom is 0.292 e. The van der Waals surface area contributed by atoms with Crippen LogP contribution in [-0.4, -0.2) is 53.1 Å². The SMILES string of the molecule is CCCC(C)CC(O)C(O)C(=O)C(=O)N(C)C. The van der Waals surface area contributed by atoms with Crippen molar-refractivity contribution in [1.82, 2.24) is 4.90 Å². The lowest BCUT2D eigenvalue weighted by Crippen LogP contribution is -2.43. The van der Waals surface area contributed by atoms with Gasteiger partial charge in [-0.3, -0.25) is 9.59 Å². The second kappa shape index (κ2) is 7.40. The van der Waals surface area contributed by atoms with Crippen molar-refractivity contribution < 1.29 is 19.8 Å². The van der Waals surface area contributed by atoms with Gasteiger partial charge in [0.25, 0.3) is 11.7 Å². The van der Waals surface area contributed by atoms with Crippen molar-refractivity contribution in [3.05, 3.63) is 0 Å². The molecule has 0 saturated heterocycles. The molecule has 0 fully saturated rings. The van der Waals surface area contributed by atoms with Crippen LogP contribution in [0.2, 0.25) is 0 Å². The number of ketones is 1. The van der Waals surface area contributed by atoms with Crippen LogP contribution >= 0.6 is 0 Å². The van der Waals surface area contributed by atoms with Crippen LogP contribution in [0.5, 0.6) is 0 Å². The molecule has 0 saturated carbocycles. The Morgan fingerprint density at radius 2 is 1.76 bits per heavy atom. The molecule has 0 aromatic rings. The van der Waals surface area contributed by atoms with E-state index < -0.39 is 23.9 Å². The van der Waals surface area contributed by atoms with Gasteiger partial charge >= 0.3 is 0 Å². The summed E-state index contributed by atoms with van der Waals surface area (Å²) in [7, 11) is 2.86. The summed E-state index contributed by atoms with van der Waals surface area (Å²) in [6.07, 6.45) is -0.576. The normalized spacial score (nSPS) is 16.1. The van der Waals surface area contributed by atoms with E-state index in [1.165, 1.54) is 14.1 Å². The van der Waals surface area contributed by atoms with E-state index in [4.69, 9.17) is 0 Å². The largest absolute Gasteiger partial charge is 0.390 e. The Kier molecular flexibility index (Phi) is 6.99. The molecule has 0 aromatic heterocycles. The van der Waals surface area contributed by atoms with E-state index in [0.717, 1.165) is 17.7 Å². The van der Waals surface area contributed by atoms with Crippen LogP contribution in [0.25, 0.3) is 0 Å². The zero-order valence-corrected chi connectivity index (χ0v) is 11.0. The maximum atomic E-state index is 11.5. The third kappa shape index (κ3) is 5.28. The van der Waals surface area contributed by atoms with Crippen molar-refractivity contribution in [2.24, 2.45) is 5.92 Å². The maximum absolute atomic E-state index is 11.5. The number of carbonyl (C=O) groups excluding carboxylic acids is 2. The fraction of sp³-hybridized carbons (Fsp3) is 0.833. The van der Waals surface area contributed by atoms with E-state index in [0.29, 0.717) is 6.42 Å². The Bertz CT molecular complexity index is 265. The molecule has 5 nitrogen and oxygen atoms in total. The summed E-state index contributed by atoms with van der Waals surface area (Å²) in [5.74, 6) is -1.53. The monoisotopic (exact) mass is 245 g/mol. The molecule has 2 N–H and O–H groups in total. The van der Waals surface area contributed by atoms with Crippen LogP contribution in [0.1, 0.15) is 33.1 Å². The van der Waals surface area contributed by atoms with Gasteiger partial charge in [0.05, 0.1) is 6.10 Å². The Morgan fingerprint density at radius 3 is 2.18 bits per heavy atom. The van der Waals surface area contributed by atoms with Gasteiger partial charge in [-0.2, -0.15) is 0 Å². The minimum Gasteiger partial charge on any atom is -0.390 e. The molecule has 0 spiro atoms. The molecule has 0 radical (unpaired) electrons. The molecule has 17 heavy (non-hydrogen) atoms. The Labute approximate surface area is 102 Å². The third-order valence-corrected chi connectivity index (χ3v) is 2.68. The fourth-order valence-corrected chi connectivity index (χ4v) is 1.67. The van der Waals surface area contributed by atoms with Crippen molar-refractivity contribution in [2.75, 3.05) is 14.1 Å². The number of aliphatic hydroxyl groups excluding tert-OH is 2. The molecule has 0 aliphatic heterocycles. The molecule has 0 aliphatic rings. The van der Waals surface area contributed by atoms with Gasteiger partial charge in [0, 0.05) is 14.1 Å². The van der Waals surface area contributed by atoms with Gasteiger partial charge in [0.15, 0.2) is 0 Å². The second-order valence-corrected chi connectivity index (χ2v) is 4.71. The first kappa shape index (κ1) is 16.1. The highest BCUT2D eigenvalue weighted by Gasteiger charge is 2.31. The third-order valence-electron chi connectivity index (χ3n) is 2.68. The van der Waals surface area contributed by atoms with Gasteiger partial charge in [-0.1, -0.05) is 26.7 Å². The number of hydrogen-bond donors (Lipinski definition) is 2. The smallest absolute Gasteiger partial charge is 0.292 e. The molecule has 100 valence electrons. The Morgan fingerprint density at radius 1 is 1.24 bits per heavy atom. The van der Waals surface area contributed by atoms with Gasteiger partial charge in [-0.25, -0.2) is 0 Å². The number of rotatable bonds is 7. The molecule has 3 atom stereocenters. The molecule has 0 heterocycles. The number of nitrogens with zero attached hydrogens (tertiary/aromatic N) is 1. The number of aliphatic hydroxyl groups is 2. The number of hydrogen-bond acceptors (Lipinski definition) is 4. The average molecular weight is 245 g/mol. The number of amides is 1. The molecular formula is C12H23NO4. The predicted molar refractivity (Wildman–Crippen MR) is 64.4 cm³/mol. The van der Waals surface area contributed by atoms with Crippen LogP contribution in [0.3, 0.4) is 0 Å². The highest BCUT2D eigenvalue weighted by atomic mass is 16.3. The lowest BCUT2D eigenvalue weighted by Gasteiger charge is -2.20. The molecule has 0 aromatic carbocycles. The quantitative estimate of drug-likeness (QED) is 0.628. The highest BCUT2D eigenvalue weighted by Crippen LogP contribution is 2.15. The summed E-state index contributed by atoms with van der Waals surface area (Å²) in [6, 6.07) is 0. The number of likely N-dealkylation sites (N-methyl/N-ethyl adjacent to an activating group) is 1. The van der Waals surface area contributed by atoms with Crippen molar-refractivity contribution in [3.8, 4) is 0 Å². The van der Waals surface area contributed by atoms with E-state index >= 15 is 0 Å². The molecule has 1 amide bonds. The number of carbonyl (C=O) groups is 2. The van der Waals surface area contributed by atoms with Gasteiger partial charge in [0.2, 0.25) is 0 Å². The van der Waals surface area contributed by atoms with Crippen LogP contribution in [0.4, 0.5) is 0 Å². The molecule has 3 unspecified atom stereocenters. The molecule has 0 rings (SSSR count). The minimum atomic E-state index is -1.62. The molecule has 0 aliphatic carbocycles. The van der Waals surface area contributed by atoms with Gasteiger partial charge in [0.1, 0.15) is 6.10 Å². The topological polar surface area (TPSA) is 77.8 Å². The first-order chi connectivity index (χ1) is 7.81. The highest BCUT2D eigenvalue weighted by molar-refractivity contribution is 6.37. The molecule has 5 heteroatoms. The molecule has 0 bridgehead atoms. The summed E-state index contributed by atoms with van der Waals surface area (Å²) < 4.78 is 0. The van der Waals surface area contributed by atoms with Crippen molar-refractivity contribution >= 4 is 11.7 Å². The van der Waals surface area contributed by atoms with Crippen molar-refractivity contribution in [2.45, 2.75) is 45.3 Å². The van der Waals surface area contributed by atoms with E-state index in [1.807, 2.05) is 13.8 Å².